The molecule has 1 nitrogen and oxygen atoms in total. The van der Waals surface area contributed by atoms with Gasteiger partial charge in [-0.15, -0.1) is 0 Å². The molecule has 0 aromatic carbocycles. The van der Waals surface area contributed by atoms with Gasteiger partial charge >= 0.3 is 0 Å². The molecule has 0 N–H and O–H groups in total. The van der Waals surface area contributed by atoms with Crippen LogP contribution in [0.1, 0.15) is 34.6 Å². The maximum absolute atomic E-state index is 5.74. The van der Waals surface area contributed by atoms with E-state index < -0.39 is 0 Å². The minimum Gasteiger partial charge on any atom is -0.441 e. The summed E-state index contributed by atoms with van der Waals surface area (Å²) in [6.07, 6.45) is 0. The van der Waals surface area contributed by atoms with Gasteiger partial charge in [-0.25, -0.2) is 0 Å². The first kappa shape index (κ1) is 11.1. The third-order valence-corrected chi connectivity index (χ3v) is 1.75. The predicted molar refractivity (Wildman–Crippen MR) is 55.0 cm³/mol. The molecule has 0 radical (unpaired) electrons. The van der Waals surface area contributed by atoms with Crippen LogP contribution in [0.3, 0.4) is 0 Å². The molecule has 0 aromatic rings. The first-order chi connectivity index (χ1) is 4.77. The Balaban J connectivity index is 3.70. The molecule has 0 spiro atoms. The maximum Gasteiger partial charge on any atom is 0.280 e. The zero-order valence-electron chi connectivity index (χ0n) is 8.82. The predicted octanol–water partition coefficient (Wildman–Crippen LogP) is 1.79. The highest BCUT2D eigenvalue weighted by Crippen LogP contribution is 2.22. The van der Waals surface area contributed by atoms with Gasteiger partial charge in [0.1, 0.15) is 0 Å². The van der Waals surface area contributed by atoms with E-state index in [0.717, 1.165) is 14.8 Å². The number of rotatable bonds is 3. The summed E-state index contributed by atoms with van der Waals surface area (Å²) in [5.74, 6) is 0. The van der Waals surface area contributed by atoms with Crippen molar-refractivity contribution in [2.24, 2.45) is 0 Å². The maximum atomic E-state index is 5.74. The van der Waals surface area contributed by atoms with Crippen molar-refractivity contribution in [2.45, 2.75) is 52.3 Å². The van der Waals surface area contributed by atoms with Gasteiger partial charge in [-0.05, 0) is 19.2 Å². The van der Waals surface area contributed by atoms with Crippen LogP contribution < -0.4 is 0 Å². The molecule has 3 heteroatoms. The average molecular weight is 154 g/mol. The van der Waals surface area contributed by atoms with E-state index in [1.165, 1.54) is 0 Å². The lowest BCUT2D eigenvalue weighted by Crippen LogP contribution is -2.34. The summed E-state index contributed by atoms with van der Waals surface area (Å²) < 4.78 is 5.74. The summed E-state index contributed by atoms with van der Waals surface area (Å²) in [5.41, 5.74) is 0.0489. The van der Waals surface area contributed by atoms with Crippen LogP contribution in [0.25, 0.3) is 0 Å². The van der Waals surface area contributed by atoms with E-state index in [0.29, 0.717) is 0 Å². The van der Waals surface area contributed by atoms with Crippen molar-refractivity contribution in [3.05, 3.63) is 0 Å². The highest BCUT2D eigenvalue weighted by atomic mass is 16.4. The molecule has 0 aliphatic rings. The fourth-order valence-corrected chi connectivity index (χ4v) is 0.514. The van der Waals surface area contributed by atoms with Gasteiger partial charge in [0, 0.05) is 5.50 Å². The highest BCUT2D eigenvalue weighted by molar-refractivity contribution is 6.40. The average Bonchev–Trinajstić information content (AvgIpc) is 1.83. The van der Waals surface area contributed by atoms with Gasteiger partial charge in [0.2, 0.25) is 0 Å². The Morgan fingerprint density at radius 2 is 1.45 bits per heavy atom. The number of hydrogen-bond donors (Lipinski definition) is 0. The minimum atomic E-state index is 0.0489. The van der Waals surface area contributed by atoms with Crippen molar-refractivity contribution in [3.8, 4) is 0 Å². The smallest absolute Gasteiger partial charge is 0.280 e. The fraction of sp³-hybridized carbons (Fsp3) is 1.00. The molecule has 64 valence electrons. The Hall–Kier alpha value is 0.0899. The second-order valence-corrected chi connectivity index (χ2v) is 4.96. The zero-order chi connectivity index (χ0) is 9.12. The van der Waals surface area contributed by atoms with Gasteiger partial charge in [-0.2, -0.15) is 0 Å². The van der Waals surface area contributed by atoms with Crippen molar-refractivity contribution < 1.29 is 4.65 Å². The second kappa shape index (κ2) is 3.66. The quantitative estimate of drug-likeness (QED) is 0.563. The Bertz CT molecular complexity index is 116. The van der Waals surface area contributed by atoms with E-state index in [9.17, 15) is 0 Å². The molecule has 0 heterocycles. The summed E-state index contributed by atoms with van der Waals surface area (Å²) in [5, 5.41) is 0.284. The fourth-order valence-electron chi connectivity index (χ4n) is 0.514. The van der Waals surface area contributed by atoms with E-state index in [1.54, 1.807) is 0 Å². The molecular formula is C8H20B2O. The van der Waals surface area contributed by atoms with Crippen molar-refractivity contribution in [1.82, 2.24) is 0 Å². The molecule has 0 unspecified atom stereocenters. The summed E-state index contributed by atoms with van der Waals surface area (Å²) in [4.78, 5) is 0. The molecule has 0 saturated carbocycles. The van der Waals surface area contributed by atoms with E-state index in [1.807, 2.05) is 0 Å². The standard InChI is InChI=1S/C8H20B2O/c1-7(2,3)10-11-8(4,5)9-6/h9-10H,1-6H3. The molecular weight excluding hydrogens is 134 g/mol. The lowest BCUT2D eigenvalue weighted by Gasteiger charge is -2.27. The molecule has 0 aliphatic heterocycles. The molecule has 0 amide bonds. The van der Waals surface area contributed by atoms with Crippen LogP contribution in [0, 0.1) is 0 Å². The molecule has 0 bridgehead atoms. The van der Waals surface area contributed by atoms with Crippen molar-refractivity contribution in [2.75, 3.05) is 0 Å². The molecule has 0 fully saturated rings. The third-order valence-electron chi connectivity index (χ3n) is 1.75. The normalized spacial score (nSPS) is 12.9. The molecule has 0 aliphatic carbocycles. The topological polar surface area (TPSA) is 9.23 Å². The van der Waals surface area contributed by atoms with Gasteiger partial charge < -0.3 is 4.65 Å². The first-order valence-electron chi connectivity index (χ1n) is 4.41. The summed E-state index contributed by atoms with van der Waals surface area (Å²) in [7, 11) is 1.91. The van der Waals surface area contributed by atoms with Crippen LogP contribution in [-0.4, -0.2) is 20.3 Å². The summed E-state index contributed by atoms with van der Waals surface area (Å²) >= 11 is 0. The third kappa shape index (κ3) is 6.49. The van der Waals surface area contributed by atoms with Crippen molar-refractivity contribution >= 4 is 14.8 Å². The zero-order valence-corrected chi connectivity index (χ0v) is 8.82. The summed E-state index contributed by atoms with van der Waals surface area (Å²) in [6, 6.07) is 0. The Morgan fingerprint density at radius 3 is 1.73 bits per heavy atom. The van der Waals surface area contributed by atoms with Crippen molar-refractivity contribution in [3.63, 3.8) is 0 Å². The first-order valence-corrected chi connectivity index (χ1v) is 4.41. The van der Waals surface area contributed by atoms with E-state index >= 15 is 0 Å². The second-order valence-electron chi connectivity index (χ2n) is 4.96. The van der Waals surface area contributed by atoms with Gasteiger partial charge in [-0.1, -0.05) is 27.6 Å². The monoisotopic (exact) mass is 154 g/mol. The largest absolute Gasteiger partial charge is 0.441 e. The van der Waals surface area contributed by atoms with Crippen LogP contribution >= 0.6 is 0 Å². The van der Waals surface area contributed by atoms with Gasteiger partial charge in [0.25, 0.3) is 7.48 Å². The van der Waals surface area contributed by atoms with Crippen molar-refractivity contribution in [1.29, 1.82) is 0 Å². The van der Waals surface area contributed by atoms with E-state index in [4.69, 9.17) is 4.65 Å². The van der Waals surface area contributed by atoms with Crippen LogP contribution in [0.2, 0.25) is 12.1 Å². The summed E-state index contributed by atoms with van der Waals surface area (Å²) in [6.45, 7) is 13.0. The molecule has 0 aromatic heterocycles. The molecule has 11 heavy (non-hydrogen) atoms. The Morgan fingerprint density at radius 1 is 1.00 bits per heavy atom. The van der Waals surface area contributed by atoms with Crippen LogP contribution in [0.5, 0.6) is 0 Å². The van der Waals surface area contributed by atoms with Gasteiger partial charge in [0.05, 0.1) is 0 Å². The van der Waals surface area contributed by atoms with Crippen LogP contribution in [0.4, 0.5) is 0 Å². The van der Waals surface area contributed by atoms with Crippen LogP contribution in [0.15, 0.2) is 0 Å². The molecule has 0 atom stereocenters. The Kier molecular flexibility index (Phi) is 3.69. The molecule has 0 saturated heterocycles. The lowest BCUT2D eigenvalue weighted by atomic mass is 9.61. The Labute approximate surface area is 72.4 Å². The van der Waals surface area contributed by atoms with E-state index in [-0.39, 0.29) is 10.8 Å². The SMILES string of the molecule is CBC(C)(C)OBC(C)(C)C. The van der Waals surface area contributed by atoms with Gasteiger partial charge in [0.15, 0.2) is 7.28 Å². The number of hydrogen-bond acceptors (Lipinski definition) is 1. The molecule has 0 rings (SSSR count). The minimum absolute atomic E-state index is 0.0489. The van der Waals surface area contributed by atoms with Gasteiger partial charge in [-0.3, -0.25) is 0 Å². The van der Waals surface area contributed by atoms with Crippen LogP contribution in [-0.2, 0) is 4.65 Å². The van der Waals surface area contributed by atoms with E-state index in [2.05, 4.69) is 41.4 Å². The lowest BCUT2D eigenvalue weighted by molar-refractivity contribution is 0.196. The highest BCUT2D eigenvalue weighted by Gasteiger charge is 2.21.